The maximum atomic E-state index is 6.76. The Morgan fingerprint density at radius 1 is 0.538 bits per heavy atom. The minimum Gasteiger partial charge on any atom is -0.463 e. The fraction of sp³-hybridized carbons (Fsp3) is 0.0625. The molecule has 0 bridgehead atoms. The fourth-order valence-corrected chi connectivity index (χ4v) is 7.99. The van der Waals surface area contributed by atoms with Crippen LogP contribution in [0.1, 0.15) is 29.5 Å². The van der Waals surface area contributed by atoms with Crippen molar-refractivity contribution >= 4 is 22.7 Å². The van der Waals surface area contributed by atoms with Gasteiger partial charge in [0.05, 0.1) is 23.0 Å². The Morgan fingerprint density at radius 2 is 1.13 bits per heavy atom. The third kappa shape index (κ3) is 4.95. The third-order valence-corrected chi connectivity index (χ3v) is 10.6. The van der Waals surface area contributed by atoms with Gasteiger partial charge in [-0.25, -0.2) is 15.0 Å². The van der Waals surface area contributed by atoms with Crippen molar-refractivity contribution in [1.29, 1.82) is 0 Å². The molecule has 0 N–H and O–H groups in total. The van der Waals surface area contributed by atoms with Gasteiger partial charge in [-0.3, -0.25) is 0 Å². The Hall–Kier alpha value is -6.65. The Labute approximate surface area is 302 Å². The van der Waals surface area contributed by atoms with Gasteiger partial charge in [0, 0.05) is 22.3 Å². The average Bonchev–Trinajstić information content (AvgIpc) is 3.58. The molecular formula is C48H33N3O. The van der Waals surface area contributed by atoms with Gasteiger partial charge in [0.1, 0.15) is 0 Å². The van der Waals surface area contributed by atoms with E-state index in [1.54, 1.807) is 0 Å². The van der Waals surface area contributed by atoms with Crippen molar-refractivity contribution in [2.75, 3.05) is 0 Å². The maximum absolute atomic E-state index is 6.76. The number of hydrogen-bond donors (Lipinski definition) is 0. The molecule has 0 saturated heterocycles. The second-order valence-corrected chi connectivity index (χ2v) is 13.7. The molecular weight excluding hydrogens is 635 g/mol. The Bertz CT molecular complexity index is 2600. The van der Waals surface area contributed by atoms with Crippen molar-refractivity contribution in [1.82, 2.24) is 9.97 Å². The summed E-state index contributed by atoms with van der Waals surface area (Å²) < 4.78 is 6.76. The van der Waals surface area contributed by atoms with Crippen molar-refractivity contribution in [2.24, 2.45) is 4.99 Å². The maximum Gasteiger partial charge on any atom is 0.222 e. The van der Waals surface area contributed by atoms with Crippen molar-refractivity contribution in [3.05, 3.63) is 198 Å². The summed E-state index contributed by atoms with van der Waals surface area (Å²) in [7, 11) is 0. The zero-order valence-electron chi connectivity index (χ0n) is 28.6. The van der Waals surface area contributed by atoms with Crippen molar-refractivity contribution in [3.63, 3.8) is 0 Å². The van der Waals surface area contributed by atoms with Crippen LogP contribution in [0.5, 0.6) is 0 Å². The van der Waals surface area contributed by atoms with Gasteiger partial charge < -0.3 is 4.74 Å². The topological polar surface area (TPSA) is 47.4 Å². The molecule has 4 nitrogen and oxygen atoms in total. The molecule has 0 spiro atoms. The SMILES string of the molecule is CC12OC(c3ccccc3)=NC1=CC=C1C=Cc3cc(-c4ccc(-c5nc(-c6ccccc6)cc(-c6ccccc6)n5)c5ccccc45)ccc3C12. The van der Waals surface area contributed by atoms with Gasteiger partial charge >= 0.3 is 0 Å². The first-order valence-corrected chi connectivity index (χ1v) is 17.7. The van der Waals surface area contributed by atoms with Crippen LogP contribution < -0.4 is 0 Å². The first-order chi connectivity index (χ1) is 25.6. The van der Waals surface area contributed by atoms with E-state index in [1.807, 2.05) is 30.3 Å². The third-order valence-electron chi connectivity index (χ3n) is 10.6. The van der Waals surface area contributed by atoms with Crippen molar-refractivity contribution < 1.29 is 4.74 Å². The van der Waals surface area contributed by atoms with E-state index < -0.39 is 5.60 Å². The van der Waals surface area contributed by atoms with E-state index >= 15 is 0 Å². The van der Waals surface area contributed by atoms with Crippen LogP contribution >= 0.6 is 0 Å². The lowest BCUT2D eigenvalue weighted by Crippen LogP contribution is -2.39. The summed E-state index contributed by atoms with van der Waals surface area (Å²) in [5, 5.41) is 2.27. The number of fused-ring (bicyclic) bond motifs is 6. The fourth-order valence-electron chi connectivity index (χ4n) is 7.99. The van der Waals surface area contributed by atoms with E-state index in [-0.39, 0.29) is 5.92 Å². The highest BCUT2D eigenvalue weighted by Gasteiger charge is 2.50. The van der Waals surface area contributed by atoms with Crippen LogP contribution in [0.3, 0.4) is 0 Å². The number of nitrogens with zero attached hydrogens (tertiary/aromatic N) is 3. The molecule has 6 aromatic carbocycles. The number of hydrogen-bond acceptors (Lipinski definition) is 4. The molecule has 2 atom stereocenters. The van der Waals surface area contributed by atoms with Gasteiger partial charge in [0.15, 0.2) is 11.4 Å². The van der Waals surface area contributed by atoms with Crippen LogP contribution in [-0.4, -0.2) is 21.5 Å². The zero-order valence-corrected chi connectivity index (χ0v) is 28.6. The molecule has 3 aliphatic rings. The van der Waals surface area contributed by atoms with Crippen LogP contribution in [0.4, 0.5) is 0 Å². The quantitative estimate of drug-likeness (QED) is 0.184. The van der Waals surface area contributed by atoms with E-state index in [0.717, 1.165) is 55.7 Å². The highest BCUT2D eigenvalue weighted by atomic mass is 16.5. The summed E-state index contributed by atoms with van der Waals surface area (Å²) in [6, 6.07) is 52.8. The molecule has 1 aromatic heterocycles. The number of benzene rings is 6. The molecule has 0 amide bonds. The smallest absolute Gasteiger partial charge is 0.222 e. The summed E-state index contributed by atoms with van der Waals surface area (Å²) in [6.45, 7) is 2.18. The number of aromatic nitrogens is 2. The molecule has 246 valence electrons. The molecule has 0 saturated carbocycles. The summed E-state index contributed by atoms with van der Waals surface area (Å²) in [5.41, 5.74) is 12.3. The van der Waals surface area contributed by atoms with E-state index in [1.165, 1.54) is 22.3 Å². The number of aliphatic imine (C=N–C) groups is 1. The molecule has 52 heavy (non-hydrogen) atoms. The number of ether oxygens (including phenoxy) is 1. The predicted octanol–water partition coefficient (Wildman–Crippen LogP) is 11.5. The first kappa shape index (κ1) is 30.2. The minimum atomic E-state index is -0.600. The van der Waals surface area contributed by atoms with Crippen LogP contribution in [0, 0.1) is 0 Å². The lowest BCUT2D eigenvalue weighted by molar-refractivity contribution is 0.111. The minimum absolute atomic E-state index is 0.0264. The highest BCUT2D eigenvalue weighted by Crippen LogP contribution is 2.52. The molecule has 0 radical (unpaired) electrons. The van der Waals surface area contributed by atoms with E-state index in [9.17, 15) is 0 Å². The van der Waals surface area contributed by atoms with E-state index in [0.29, 0.717) is 11.7 Å². The van der Waals surface area contributed by atoms with Crippen LogP contribution in [0.15, 0.2) is 186 Å². The molecule has 0 fully saturated rings. The second-order valence-electron chi connectivity index (χ2n) is 13.7. The standard InChI is InChI=1S/C48H33N3O/c1-48-44(51-47(52-48)34-17-9-4-10-18-34)28-24-33-21-22-36-29-35(23-25-38(36)45(33)48)37-26-27-41(40-20-12-11-19-39(37)40)46-49-42(31-13-5-2-6-14-31)30-43(50-46)32-15-7-3-8-16-32/h2-30,45H,1H3. The lowest BCUT2D eigenvalue weighted by atomic mass is 9.69. The molecule has 7 aromatic rings. The van der Waals surface area contributed by atoms with E-state index in [2.05, 4.69) is 153 Å². The molecule has 1 aliphatic heterocycles. The Morgan fingerprint density at radius 3 is 1.81 bits per heavy atom. The Kier molecular flexibility index (Phi) is 6.97. The zero-order chi connectivity index (χ0) is 34.6. The lowest BCUT2D eigenvalue weighted by Gasteiger charge is -2.39. The van der Waals surface area contributed by atoms with E-state index in [4.69, 9.17) is 19.7 Å². The molecule has 2 heterocycles. The highest BCUT2D eigenvalue weighted by molar-refractivity contribution is 6.04. The van der Waals surface area contributed by atoms with Crippen LogP contribution in [0.2, 0.25) is 0 Å². The van der Waals surface area contributed by atoms with Gasteiger partial charge in [-0.1, -0.05) is 140 Å². The largest absolute Gasteiger partial charge is 0.463 e. The summed E-state index contributed by atoms with van der Waals surface area (Å²) in [6.07, 6.45) is 8.78. The van der Waals surface area contributed by atoms with Gasteiger partial charge in [-0.2, -0.15) is 0 Å². The second kappa shape index (κ2) is 12.0. The Balaban J connectivity index is 1.06. The summed E-state index contributed by atoms with van der Waals surface area (Å²) in [4.78, 5) is 15.3. The van der Waals surface area contributed by atoms with Crippen molar-refractivity contribution in [3.8, 4) is 45.0 Å². The predicted molar refractivity (Wildman–Crippen MR) is 212 cm³/mol. The van der Waals surface area contributed by atoms with Crippen molar-refractivity contribution in [2.45, 2.75) is 18.4 Å². The first-order valence-electron chi connectivity index (χ1n) is 17.7. The van der Waals surface area contributed by atoms with Gasteiger partial charge in [-0.15, -0.1) is 0 Å². The monoisotopic (exact) mass is 667 g/mol. The average molecular weight is 668 g/mol. The number of rotatable bonds is 5. The van der Waals surface area contributed by atoms with Gasteiger partial charge in [0.2, 0.25) is 5.90 Å². The summed E-state index contributed by atoms with van der Waals surface area (Å²) >= 11 is 0. The molecule has 2 unspecified atom stereocenters. The van der Waals surface area contributed by atoms with Crippen LogP contribution in [-0.2, 0) is 4.74 Å². The van der Waals surface area contributed by atoms with Gasteiger partial charge in [-0.05, 0) is 81.9 Å². The molecule has 2 aliphatic carbocycles. The number of allylic oxidation sites excluding steroid dienone is 3. The van der Waals surface area contributed by atoms with Crippen LogP contribution in [0.25, 0.3) is 61.9 Å². The normalized spacial score (nSPS) is 18.4. The molecule has 4 heteroatoms. The van der Waals surface area contributed by atoms with Gasteiger partial charge in [0.25, 0.3) is 0 Å². The molecule has 10 rings (SSSR count). The summed E-state index contributed by atoms with van der Waals surface area (Å²) in [5.74, 6) is 1.41.